The highest BCUT2D eigenvalue weighted by atomic mass is 16.4. The number of Topliss-reactive ketones (excluding diaryl/α,β-unsaturated/α-hetero) is 1. The SMILES string of the molecule is CCC(=O)c1c(CC)cccc1C(O)C(=O)O. The minimum atomic E-state index is -1.65. The maximum atomic E-state index is 11.8. The number of carbonyl (C=O) groups excluding carboxylic acids is 1. The van der Waals surface area contributed by atoms with Gasteiger partial charge in [-0.2, -0.15) is 0 Å². The highest BCUT2D eigenvalue weighted by molar-refractivity contribution is 6.00. The zero-order valence-corrected chi connectivity index (χ0v) is 9.93. The lowest BCUT2D eigenvalue weighted by molar-refractivity contribution is -0.146. The number of carboxylic acids is 1. The minimum absolute atomic E-state index is 0.141. The number of carboxylic acid groups (broad SMARTS) is 1. The summed E-state index contributed by atoms with van der Waals surface area (Å²) in [6, 6.07) is 4.93. The second kappa shape index (κ2) is 5.59. The van der Waals surface area contributed by atoms with E-state index in [-0.39, 0.29) is 17.8 Å². The number of benzene rings is 1. The van der Waals surface area contributed by atoms with Gasteiger partial charge in [0.1, 0.15) is 0 Å². The minimum Gasteiger partial charge on any atom is -0.479 e. The molecule has 17 heavy (non-hydrogen) atoms. The van der Waals surface area contributed by atoms with Gasteiger partial charge in [0, 0.05) is 17.5 Å². The first-order chi connectivity index (χ1) is 8.02. The van der Waals surface area contributed by atoms with Crippen molar-refractivity contribution in [3.8, 4) is 0 Å². The molecule has 4 nitrogen and oxygen atoms in total. The number of rotatable bonds is 5. The summed E-state index contributed by atoms with van der Waals surface area (Å²) in [6.45, 7) is 3.60. The van der Waals surface area contributed by atoms with Crippen LogP contribution in [-0.4, -0.2) is 22.0 Å². The van der Waals surface area contributed by atoms with E-state index in [2.05, 4.69) is 0 Å². The molecular weight excluding hydrogens is 220 g/mol. The zero-order valence-electron chi connectivity index (χ0n) is 9.93. The molecule has 0 amide bonds. The second-order valence-corrected chi connectivity index (χ2v) is 3.75. The molecule has 1 unspecified atom stereocenters. The van der Waals surface area contributed by atoms with Gasteiger partial charge in [-0.3, -0.25) is 4.79 Å². The summed E-state index contributed by atoms with van der Waals surface area (Å²) in [7, 11) is 0. The standard InChI is InChI=1S/C13H16O4/c1-3-8-6-5-7-9(12(15)13(16)17)11(8)10(14)4-2/h5-7,12,15H,3-4H2,1-2H3,(H,16,17). The normalized spacial score (nSPS) is 12.2. The van der Waals surface area contributed by atoms with Crippen molar-refractivity contribution in [2.24, 2.45) is 0 Å². The molecule has 0 saturated heterocycles. The van der Waals surface area contributed by atoms with Crippen LogP contribution >= 0.6 is 0 Å². The van der Waals surface area contributed by atoms with E-state index in [0.717, 1.165) is 5.56 Å². The molecule has 0 fully saturated rings. The lowest BCUT2D eigenvalue weighted by Gasteiger charge is -2.14. The molecule has 0 aliphatic carbocycles. The van der Waals surface area contributed by atoms with Gasteiger partial charge in [0.2, 0.25) is 0 Å². The Hall–Kier alpha value is -1.68. The average Bonchev–Trinajstić information content (AvgIpc) is 2.35. The Morgan fingerprint density at radius 1 is 1.29 bits per heavy atom. The summed E-state index contributed by atoms with van der Waals surface area (Å²) >= 11 is 0. The molecular formula is C13H16O4. The number of carbonyl (C=O) groups is 2. The third-order valence-electron chi connectivity index (χ3n) is 2.69. The van der Waals surface area contributed by atoms with E-state index in [0.29, 0.717) is 12.0 Å². The fourth-order valence-corrected chi connectivity index (χ4v) is 1.79. The van der Waals surface area contributed by atoms with E-state index >= 15 is 0 Å². The summed E-state index contributed by atoms with van der Waals surface area (Å²) < 4.78 is 0. The summed E-state index contributed by atoms with van der Waals surface area (Å²) in [5.41, 5.74) is 1.31. The van der Waals surface area contributed by atoms with Crippen LogP contribution in [0.1, 0.15) is 47.9 Å². The zero-order chi connectivity index (χ0) is 13.0. The van der Waals surface area contributed by atoms with Crippen molar-refractivity contribution in [1.82, 2.24) is 0 Å². The van der Waals surface area contributed by atoms with Crippen molar-refractivity contribution in [3.05, 3.63) is 34.9 Å². The highest BCUT2D eigenvalue weighted by Gasteiger charge is 2.23. The van der Waals surface area contributed by atoms with Crippen LogP contribution in [0.3, 0.4) is 0 Å². The van der Waals surface area contributed by atoms with Crippen LogP contribution in [0.5, 0.6) is 0 Å². The van der Waals surface area contributed by atoms with Crippen molar-refractivity contribution in [1.29, 1.82) is 0 Å². The van der Waals surface area contributed by atoms with Gasteiger partial charge in [-0.1, -0.05) is 32.0 Å². The van der Waals surface area contributed by atoms with E-state index in [1.807, 2.05) is 6.92 Å². The van der Waals surface area contributed by atoms with Gasteiger partial charge >= 0.3 is 5.97 Å². The van der Waals surface area contributed by atoms with Crippen molar-refractivity contribution < 1.29 is 19.8 Å². The topological polar surface area (TPSA) is 74.6 Å². The van der Waals surface area contributed by atoms with Gasteiger partial charge in [-0.05, 0) is 12.0 Å². The molecule has 0 aliphatic rings. The van der Waals surface area contributed by atoms with E-state index < -0.39 is 12.1 Å². The van der Waals surface area contributed by atoms with E-state index in [9.17, 15) is 14.7 Å². The summed E-state index contributed by atoms with van der Waals surface area (Å²) in [5, 5.41) is 18.4. The highest BCUT2D eigenvalue weighted by Crippen LogP contribution is 2.24. The number of aliphatic hydroxyl groups excluding tert-OH is 1. The van der Waals surface area contributed by atoms with Crippen LogP contribution in [0.4, 0.5) is 0 Å². The Kier molecular flexibility index (Phi) is 4.40. The quantitative estimate of drug-likeness (QED) is 0.766. The molecule has 0 aromatic heterocycles. The molecule has 0 bridgehead atoms. The molecule has 1 aromatic carbocycles. The van der Waals surface area contributed by atoms with Crippen LogP contribution in [-0.2, 0) is 11.2 Å². The predicted molar refractivity (Wildman–Crippen MR) is 63.0 cm³/mol. The molecule has 0 spiro atoms. The fraction of sp³-hybridized carbons (Fsp3) is 0.385. The number of hydrogen-bond donors (Lipinski definition) is 2. The second-order valence-electron chi connectivity index (χ2n) is 3.75. The van der Waals surface area contributed by atoms with Gasteiger partial charge in [-0.25, -0.2) is 4.79 Å². The lowest BCUT2D eigenvalue weighted by atomic mass is 9.92. The van der Waals surface area contributed by atoms with E-state index in [4.69, 9.17) is 5.11 Å². The van der Waals surface area contributed by atoms with E-state index in [1.54, 1.807) is 19.1 Å². The van der Waals surface area contributed by atoms with Crippen LogP contribution < -0.4 is 0 Å². The van der Waals surface area contributed by atoms with E-state index in [1.165, 1.54) is 6.07 Å². The molecule has 1 aromatic rings. The number of hydrogen-bond acceptors (Lipinski definition) is 3. The van der Waals surface area contributed by atoms with Gasteiger partial charge in [-0.15, -0.1) is 0 Å². The Morgan fingerprint density at radius 2 is 1.94 bits per heavy atom. The smallest absolute Gasteiger partial charge is 0.337 e. The van der Waals surface area contributed by atoms with Gasteiger partial charge in [0.25, 0.3) is 0 Å². The maximum absolute atomic E-state index is 11.8. The van der Waals surface area contributed by atoms with Crippen molar-refractivity contribution >= 4 is 11.8 Å². The molecule has 0 saturated carbocycles. The first-order valence-electron chi connectivity index (χ1n) is 5.58. The van der Waals surface area contributed by atoms with Gasteiger partial charge in [0.05, 0.1) is 0 Å². The Bertz CT molecular complexity index is 437. The first-order valence-corrected chi connectivity index (χ1v) is 5.58. The molecule has 0 radical (unpaired) electrons. The Morgan fingerprint density at radius 3 is 2.41 bits per heavy atom. The average molecular weight is 236 g/mol. The molecule has 1 atom stereocenters. The Balaban J connectivity index is 3.38. The van der Waals surface area contributed by atoms with Crippen LogP contribution in [0.2, 0.25) is 0 Å². The van der Waals surface area contributed by atoms with Crippen LogP contribution in [0, 0.1) is 0 Å². The Labute approximate surface area is 99.9 Å². The van der Waals surface area contributed by atoms with Crippen molar-refractivity contribution in [2.45, 2.75) is 32.8 Å². The number of aliphatic hydroxyl groups is 1. The van der Waals surface area contributed by atoms with Gasteiger partial charge in [0.15, 0.2) is 11.9 Å². The largest absolute Gasteiger partial charge is 0.479 e. The van der Waals surface area contributed by atoms with Crippen LogP contribution in [0.25, 0.3) is 0 Å². The number of ketones is 1. The van der Waals surface area contributed by atoms with Crippen molar-refractivity contribution in [3.63, 3.8) is 0 Å². The first kappa shape index (κ1) is 13.4. The summed E-state index contributed by atoms with van der Waals surface area (Å²) in [6.07, 6.45) is -0.732. The molecule has 2 N–H and O–H groups in total. The molecule has 92 valence electrons. The third-order valence-corrected chi connectivity index (χ3v) is 2.69. The third kappa shape index (κ3) is 2.71. The fourth-order valence-electron chi connectivity index (χ4n) is 1.79. The maximum Gasteiger partial charge on any atom is 0.337 e. The number of aliphatic carboxylic acids is 1. The molecule has 4 heteroatoms. The predicted octanol–water partition coefficient (Wildman–Crippen LogP) is 1.96. The lowest BCUT2D eigenvalue weighted by Crippen LogP contribution is -2.16. The summed E-state index contributed by atoms with van der Waals surface area (Å²) in [4.78, 5) is 22.6. The van der Waals surface area contributed by atoms with Gasteiger partial charge < -0.3 is 10.2 Å². The monoisotopic (exact) mass is 236 g/mol. The molecule has 0 heterocycles. The molecule has 0 aliphatic heterocycles. The van der Waals surface area contributed by atoms with Crippen LogP contribution in [0.15, 0.2) is 18.2 Å². The number of aryl methyl sites for hydroxylation is 1. The molecule has 1 rings (SSSR count). The summed E-state index contributed by atoms with van der Waals surface area (Å²) in [5.74, 6) is -1.49. The van der Waals surface area contributed by atoms with Crippen molar-refractivity contribution in [2.75, 3.05) is 0 Å².